The van der Waals surface area contributed by atoms with Gasteiger partial charge in [0.05, 0.1) is 23.3 Å². The highest BCUT2D eigenvalue weighted by atomic mass is 16.5. The van der Waals surface area contributed by atoms with E-state index in [2.05, 4.69) is 22.2 Å². The number of hydrogen-bond donors (Lipinski definition) is 2. The monoisotopic (exact) mass is 589 g/mol. The summed E-state index contributed by atoms with van der Waals surface area (Å²) in [4.78, 5) is 38.0. The third-order valence-electron chi connectivity index (χ3n) is 8.24. The minimum Gasteiger partial charge on any atom is -0.492 e. The number of carbonyl (C=O) groups is 1. The van der Waals surface area contributed by atoms with Gasteiger partial charge in [0.1, 0.15) is 29.4 Å². The molecule has 5 aromatic rings. The van der Waals surface area contributed by atoms with E-state index in [1.54, 1.807) is 37.0 Å². The van der Waals surface area contributed by atoms with Crippen LogP contribution in [0.1, 0.15) is 28.9 Å². The molecule has 0 saturated carbocycles. The number of nitrogens with two attached hydrogens (primary N) is 1. The number of hydrogen-bond acceptors (Lipinski definition) is 7. The second-order valence-electron chi connectivity index (χ2n) is 11.1. The third kappa shape index (κ3) is 5.71. The van der Waals surface area contributed by atoms with E-state index in [-0.39, 0.29) is 11.1 Å². The summed E-state index contributed by atoms with van der Waals surface area (Å²) in [6, 6.07) is 24.6. The molecule has 1 saturated heterocycles. The molecule has 44 heavy (non-hydrogen) atoms. The average Bonchev–Trinajstić information content (AvgIpc) is 3.55. The number of amides is 1. The number of carbonyl (C=O) groups excluding carboxylic acids is 1. The van der Waals surface area contributed by atoms with Crippen LogP contribution in [0.25, 0.3) is 28.2 Å². The summed E-state index contributed by atoms with van der Waals surface area (Å²) in [6.07, 6.45) is 4.00. The van der Waals surface area contributed by atoms with Crippen molar-refractivity contribution in [2.75, 3.05) is 31.2 Å². The Labute approximate surface area is 255 Å². The molecular weight excluding hydrogens is 554 g/mol. The molecule has 1 amide bonds. The maximum atomic E-state index is 13.2. The number of benzene rings is 3. The molecule has 3 heterocycles. The van der Waals surface area contributed by atoms with Crippen LogP contribution < -0.4 is 21.3 Å². The highest BCUT2D eigenvalue weighted by molar-refractivity contribution is 6.05. The lowest BCUT2D eigenvalue weighted by Gasteiger charge is -2.19. The maximum absolute atomic E-state index is 13.2. The van der Waals surface area contributed by atoms with Crippen molar-refractivity contribution >= 4 is 17.4 Å². The summed E-state index contributed by atoms with van der Waals surface area (Å²) in [6.45, 7) is 3.51. The highest BCUT2D eigenvalue weighted by Gasteiger charge is 2.23. The first-order chi connectivity index (χ1) is 21.3. The number of nitrogen functional groups attached to an aromatic ring is 1. The first kappa shape index (κ1) is 28.9. The summed E-state index contributed by atoms with van der Waals surface area (Å²) >= 11 is 0. The number of ether oxygens (including phenoxy) is 1. The summed E-state index contributed by atoms with van der Waals surface area (Å²) in [7, 11) is 3.89. The molecule has 3 N–H and O–H groups in total. The molecule has 2 aromatic heterocycles. The highest BCUT2D eigenvalue weighted by Crippen LogP contribution is 2.29. The third-order valence-corrected chi connectivity index (χ3v) is 8.24. The largest absolute Gasteiger partial charge is 0.492 e. The first-order valence-corrected chi connectivity index (χ1v) is 14.6. The van der Waals surface area contributed by atoms with Gasteiger partial charge in [0, 0.05) is 29.9 Å². The number of aromatic nitrogens is 4. The molecule has 1 aliphatic rings. The zero-order valence-corrected chi connectivity index (χ0v) is 25.0. The van der Waals surface area contributed by atoms with Gasteiger partial charge in [-0.2, -0.15) is 0 Å². The summed E-state index contributed by atoms with van der Waals surface area (Å²) in [5, 5.41) is 2.85. The van der Waals surface area contributed by atoms with Gasteiger partial charge < -0.3 is 20.7 Å². The number of para-hydroxylation sites is 1. The molecule has 1 atom stereocenters. The van der Waals surface area contributed by atoms with Crippen LogP contribution in [0.15, 0.2) is 89.9 Å². The van der Waals surface area contributed by atoms with Crippen molar-refractivity contribution in [1.29, 1.82) is 0 Å². The second kappa shape index (κ2) is 12.2. The lowest BCUT2D eigenvalue weighted by atomic mass is 10.1. The van der Waals surface area contributed by atoms with E-state index in [4.69, 9.17) is 15.5 Å². The topological polar surface area (TPSA) is 120 Å². The Morgan fingerprint density at radius 2 is 1.80 bits per heavy atom. The van der Waals surface area contributed by atoms with Gasteiger partial charge >= 0.3 is 0 Å². The zero-order valence-electron chi connectivity index (χ0n) is 25.0. The molecule has 1 unspecified atom stereocenters. The van der Waals surface area contributed by atoms with Gasteiger partial charge in [-0.15, -0.1) is 0 Å². The SMILES string of the molecule is Cc1c(C(=O)Nc2ccc(-c3nc(-c4cccc(OCC5CCCN5C)c4)cnc3N)cc2)c(=O)n(-c2ccccc2)n1C. The fraction of sp³-hybridized carbons (Fsp3) is 0.235. The van der Waals surface area contributed by atoms with E-state index in [9.17, 15) is 9.59 Å². The molecule has 6 rings (SSSR count). The molecule has 3 aromatic carbocycles. The first-order valence-electron chi connectivity index (χ1n) is 14.6. The van der Waals surface area contributed by atoms with Crippen molar-refractivity contribution in [1.82, 2.24) is 24.2 Å². The Morgan fingerprint density at radius 3 is 2.52 bits per heavy atom. The van der Waals surface area contributed by atoms with E-state index in [0.717, 1.165) is 29.8 Å². The Bertz CT molecular complexity index is 1860. The van der Waals surface area contributed by atoms with Crippen LogP contribution in [0.4, 0.5) is 11.5 Å². The number of nitrogens with one attached hydrogen (secondary N) is 1. The molecule has 0 bridgehead atoms. The Hall–Kier alpha value is -5.22. The Morgan fingerprint density at radius 1 is 1.02 bits per heavy atom. The van der Waals surface area contributed by atoms with Crippen molar-refractivity contribution in [3.05, 3.63) is 107 Å². The van der Waals surface area contributed by atoms with Gasteiger partial charge in [0.25, 0.3) is 11.5 Å². The average molecular weight is 590 g/mol. The van der Waals surface area contributed by atoms with Crippen LogP contribution in [0.5, 0.6) is 5.75 Å². The lowest BCUT2D eigenvalue weighted by Crippen LogP contribution is -2.30. The van der Waals surface area contributed by atoms with Crippen molar-refractivity contribution in [2.45, 2.75) is 25.8 Å². The second-order valence-corrected chi connectivity index (χ2v) is 11.1. The van der Waals surface area contributed by atoms with Crippen LogP contribution in [-0.4, -0.2) is 56.4 Å². The molecule has 224 valence electrons. The van der Waals surface area contributed by atoms with Crippen LogP contribution in [-0.2, 0) is 7.05 Å². The molecular formula is C34H35N7O3. The van der Waals surface area contributed by atoms with Crippen LogP contribution in [0.2, 0.25) is 0 Å². The molecule has 10 heteroatoms. The zero-order chi connectivity index (χ0) is 30.8. The number of likely N-dealkylation sites (tertiary alicyclic amines) is 1. The van der Waals surface area contributed by atoms with Crippen molar-refractivity contribution in [2.24, 2.45) is 7.05 Å². The molecule has 0 aliphatic carbocycles. The number of anilines is 2. The van der Waals surface area contributed by atoms with Crippen LogP contribution >= 0.6 is 0 Å². The van der Waals surface area contributed by atoms with E-state index < -0.39 is 5.91 Å². The molecule has 0 radical (unpaired) electrons. The predicted molar refractivity (Wildman–Crippen MR) is 172 cm³/mol. The van der Waals surface area contributed by atoms with Gasteiger partial charge in [0.2, 0.25) is 0 Å². The van der Waals surface area contributed by atoms with E-state index in [1.807, 2.05) is 66.7 Å². The Kier molecular flexibility index (Phi) is 7.99. The summed E-state index contributed by atoms with van der Waals surface area (Å²) in [5.41, 5.74) is 10.5. The van der Waals surface area contributed by atoms with E-state index in [1.165, 1.54) is 11.1 Å². The fourth-order valence-electron chi connectivity index (χ4n) is 5.61. The van der Waals surface area contributed by atoms with Crippen molar-refractivity contribution < 1.29 is 9.53 Å². The quantitative estimate of drug-likeness (QED) is 0.264. The van der Waals surface area contributed by atoms with Gasteiger partial charge in [-0.3, -0.25) is 14.3 Å². The van der Waals surface area contributed by atoms with Crippen LogP contribution in [0, 0.1) is 6.92 Å². The maximum Gasteiger partial charge on any atom is 0.284 e. The minimum absolute atomic E-state index is 0.0877. The van der Waals surface area contributed by atoms with Gasteiger partial charge in [-0.05, 0) is 69.8 Å². The standard InChI is InChI=1S/C34H35N7O3/c1-22-30(34(43)41(40(22)3)26-10-5-4-6-11-26)33(42)37-25-16-14-23(15-17-25)31-32(35)36-20-29(38-31)24-9-7-13-28(19-24)44-21-27-12-8-18-39(27)2/h4-7,9-11,13-17,19-20,27H,8,12,18,21H2,1-3H3,(H2,35,36)(H,37,42). The summed E-state index contributed by atoms with van der Waals surface area (Å²) < 4.78 is 9.28. The number of rotatable bonds is 8. The molecule has 1 fully saturated rings. The molecule has 0 spiro atoms. The van der Waals surface area contributed by atoms with E-state index >= 15 is 0 Å². The summed E-state index contributed by atoms with van der Waals surface area (Å²) in [5.74, 6) is 0.601. The smallest absolute Gasteiger partial charge is 0.284 e. The Balaban J connectivity index is 1.19. The number of likely N-dealkylation sites (N-methyl/N-ethyl adjacent to an activating group) is 1. The molecule has 10 nitrogen and oxygen atoms in total. The normalized spacial score (nSPS) is 14.9. The minimum atomic E-state index is -0.478. The van der Waals surface area contributed by atoms with Gasteiger partial charge in [-0.25, -0.2) is 14.6 Å². The lowest BCUT2D eigenvalue weighted by molar-refractivity contribution is 0.102. The van der Waals surface area contributed by atoms with Gasteiger partial charge in [0.15, 0.2) is 0 Å². The predicted octanol–water partition coefficient (Wildman–Crippen LogP) is 4.92. The van der Waals surface area contributed by atoms with Gasteiger partial charge in [-0.1, -0.05) is 42.5 Å². The fourth-order valence-corrected chi connectivity index (χ4v) is 5.61. The van der Waals surface area contributed by atoms with Crippen molar-refractivity contribution in [3.63, 3.8) is 0 Å². The van der Waals surface area contributed by atoms with Crippen LogP contribution in [0.3, 0.4) is 0 Å². The van der Waals surface area contributed by atoms with Crippen molar-refractivity contribution in [3.8, 4) is 34.0 Å². The number of nitrogens with zero attached hydrogens (tertiary/aromatic N) is 5. The van der Waals surface area contributed by atoms with E-state index in [0.29, 0.717) is 46.9 Å². The molecule has 1 aliphatic heterocycles.